The fourth-order valence-electron chi connectivity index (χ4n) is 3.36. The maximum absolute atomic E-state index is 12.5. The molecular weight excluding hydrogens is 324 g/mol. The Hall–Kier alpha value is -2.95. The van der Waals surface area contributed by atoms with Gasteiger partial charge in [0.1, 0.15) is 5.75 Å². The topological polar surface area (TPSA) is 38.3 Å². The van der Waals surface area contributed by atoms with E-state index in [1.165, 1.54) is 34.7 Å². The van der Waals surface area contributed by atoms with Gasteiger partial charge in [-0.05, 0) is 53.6 Å². The molecule has 0 aliphatic heterocycles. The van der Waals surface area contributed by atoms with Crippen LogP contribution in [0.4, 0.5) is 14.5 Å². The summed E-state index contributed by atoms with van der Waals surface area (Å²) in [4.78, 5) is 12.5. The average molecular weight is 339 g/mol. The van der Waals surface area contributed by atoms with E-state index in [4.69, 9.17) is 0 Å². The van der Waals surface area contributed by atoms with E-state index < -0.39 is 6.61 Å². The number of ether oxygens (including phenoxy) is 1. The highest BCUT2D eigenvalue weighted by atomic mass is 19.3. The van der Waals surface area contributed by atoms with Crippen molar-refractivity contribution >= 4 is 22.4 Å². The summed E-state index contributed by atoms with van der Waals surface area (Å²) in [6.45, 7) is -2.92. The van der Waals surface area contributed by atoms with Crippen molar-refractivity contribution in [2.24, 2.45) is 0 Å². The van der Waals surface area contributed by atoms with Gasteiger partial charge in [0.15, 0.2) is 0 Å². The molecule has 126 valence electrons. The van der Waals surface area contributed by atoms with Crippen molar-refractivity contribution < 1.29 is 18.3 Å². The monoisotopic (exact) mass is 339 g/mol. The molecule has 25 heavy (non-hydrogen) atoms. The van der Waals surface area contributed by atoms with Crippen LogP contribution in [0.1, 0.15) is 21.5 Å². The molecule has 4 rings (SSSR count). The molecule has 3 aromatic carbocycles. The van der Waals surface area contributed by atoms with Crippen LogP contribution in [-0.4, -0.2) is 12.5 Å². The molecule has 3 aromatic rings. The number of anilines is 1. The van der Waals surface area contributed by atoms with Gasteiger partial charge < -0.3 is 10.1 Å². The van der Waals surface area contributed by atoms with Crippen molar-refractivity contribution in [1.29, 1.82) is 0 Å². The SMILES string of the molecule is O=C(Nc1ccc2c3c(cccc13)CC2)c1cccc(OC(F)F)c1. The Balaban J connectivity index is 1.65. The lowest BCUT2D eigenvalue weighted by Crippen LogP contribution is -2.12. The van der Waals surface area contributed by atoms with E-state index in [-0.39, 0.29) is 17.2 Å². The molecule has 1 aliphatic rings. The number of hydrogen-bond acceptors (Lipinski definition) is 2. The highest BCUT2D eigenvalue weighted by Crippen LogP contribution is 2.35. The Morgan fingerprint density at radius 3 is 2.56 bits per heavy atom. The van der Waals surface area contributed by atoms with Gasteiger partial charge in [0, 0.05) is 16.6 Å². The summed E-state index contributed by atoms with van der Waals surface area (Å²) in [5.41, 5.74) is 3.56. The molecule has 1 N–H and O–H groups in total. The second-order valence-electron chi connectivity index (χ2n) is 5.97. The van der Waals surface area contributed by atoms with E-state index in [9.17, 15) is 13.6 Å². The predicted octanol–water partition coefficient (Wildman–Crippen LogP) is 4.79. The first kappa shape index (κ1) is 15.6. The minimum absolute atomic E-state index is 0.0388. The zero-order chi connectivity index (χ0) is 17.4. The molecule has 1 aliphatic carbocycles. The molecule has 0 unspecified atom stereocenters. The summed E-state index contributed by atoms with van der Waals surface area (Å²) in [7, 11) is 0. The first-order chi connectivity index (χ1) is 12.1. The van der Waals surface area contributed by atoms with Crippen LogP contribution in [0.15, 0.2) is 54.6 Å². The zero-order valence-corrected chi connectivity index (χ0v) is 13.3. The Kier molecular flexibility index (Phi) is 3.84. The molecule has 0 heterocycles. The number of benzene rings is 3. The summed E-state index contributed by atoms with van der Waals surface area (Å²) in [5, 5.41) is 5.09. The van der Waals surface area contributed by atoms with Crippen molar-refractivity contribution in [2.75, 3.05) is 5.32 Å². The lowest BCUT2D eigenvalue weighted by atomic mass is 10.0. The minimum atomic E-state index is -2.92. The highest BCUT2D eigenvalue weighted by Gasteiger charge is 2.17. The Morgan fingerprint density at radius 2 is 1.76 bits per heavy atom. The van der Waals surface area contributed by atoms with Gasteiger partial charge in [0.2, 0.25) is 0 Å². The third-order valence-corrected chi connectivity index (χ3v) is 4.45. The Labute approximate surface area is 143 Å². The van der Waals surface area contributed by atoms with Gasteiger partial charge in [-0.3, -0.25) is 4.79 Å². The average Bonchev–Trinajstić information content (AvgIpc) is 3.02. The van der Waals surface area contributed by atoms with Gasteiger partial charge in [0.05, 0.1) is 0 Å². The fourth-order valence-corrected chi connectivity index (χ4v) is 3.36. The number of aryl methyl sites for hydroxylation is 2. The van der Waals surface area contributed by atoms with E-state index in [1.54, 1.807) is 6.07 Å². The van der Waals surface area contributed by atoms with E-state index >= 15 is 0 Å². The lowest BCUT2D eigenvalue weighted by Gasteiger charge is -2.11. The van der Waals surface area contributed by atoms with Crippen LogP contribution in [0.3, 0.4) is 0 Å². The van der Waals surface area contributed by atoms with Crippen LogP contribution in [0.5, 0.6) is 5.75 Å². The first-order valence-electron chi connectivity index (χ1n) is 8.01. The largest absolute Gasteiger partial charge is 0.435 e. The molecule has 1 amide bonds. The molecule has 0 spiro atoms. The second kappa shape index (κ2) is 6.16. The third kappa shape index (κ3) is 2.93. The normalized spacial score (nSPS) is 12.6. The van der Waals surface area contributed by atoms with Gasteiger partial charge in [-0.1, -0.05) is 30.3 Å². The van der Waals surface area contributed by atoms with Crippen LogP contribution in [0.25, 0.3) is 10.8 Å². The standard InChI is InChI=1S/C20H15F2NO2/c21-20(22)25-15-5-1-4-14(11-15)19(24)23-17-10-9-13-8-7-12-3-2-6-16(17)18(12)13/h1-6,9-11,20H,7-8H2,(H,23,24). The molecular formula is C20H15F2NO2. The van der Waals surface area contributed by atoms with Crippen LogP contribution in [-0.2, 0) is 12.8 Å². The zero-order valence-electron chi connectivity index (χ0n) is 13.3. The molecule has 0 radical (unpaired) electrons. The summed E-state index contributed by atoms with van der Waals surface area (Å²) >= 11 is 0. The van der Waals surface area contributed by atoms with Crippen LogP contribution in [0, 0.1) is 0 Å². The number of amides is 1. The van der Waals surface area contributed by atoms with Crippen LogP contribution < -0.4 is 10.1 Å². The summed E-state index contributed by atoms with van der Waals surface area (Å²) < 4.78 is 29.0. The molecule has 0 bridgehead atoms. The van der Waals surface area contributed by atoms with E-state index in [0.717, 1.165) is 18.2 Å². The molecule has 0 aromatic heterocycles. The van der Waals surface area contributed by atoms with Gasteiger partial charge >= 0.3 is 6.61 Å². The number of carbonyl (C=O) groups excluding carboxylic acids is 1. The lowest BCUT2D eigenvalue weighted by molar-refractivity contribution is -0.0498. The van der Waals surface area contributed by atoms with Crippen molar-refractivity contribution in [1.82, 2.24) is 0 Å². The maximum atomic E-state index is 12.5. The molecule has 0 fully saturated rings. The number of halogens is 2. The van der Waals surface area contributed by atoms with Crippen molar-refractivity contribution in [3.05, 3.63) is 71.3 Å². The number of nitrogens with one attached hydrogen (secondary N) is 1. The third-order valence-electron chi connectivity index (χ3n) is 4.45. The van der Waals surface area contributed by atoms with Gasteiger partial charge in [-0.15, -0.1) is 0 Å². The first-order valence-corrected chi connectivity index (χ1v) is 8.01. The van der Waals surface area contributed by atoms with Gasteiger partial charge in [-0.25, -0.2) is 0 Å². The molecule has 0 saturated heterocycles. The van der Waals surface area contributed by atoms with Crippen molar-refractivity contribution in [3.8, 4) is 5.75 Å². The maximum Gasteiger partial charge on any atom is 0.387 e. The smallest absolute Gasteiger partial charge is 0.387 e. The van der Waals surface area contributed by atoms with Crippen molar-refractivity contribution in [2.45, 2.75) is 19.5 Å². The van der Waals surface area contributed by atoms with E-state index in [2.05, 4.69) is 16.1 Å². The van der Waals surface area contributed by atoms with E-state index in [1.807, 2.05) is 24.3 Å². The highest BCUT2D eigenvalue weighted by molar-refractivity contribution is 6.10. The second-order valence-corrected chi connectivity index (χ2v) is 5.97. The van der Waals surface area contributed by atoms with E-state index in [0.29, 0.717) is 5.69 Å². The van der Waals surface area contributed by atoms with Crippen LogP contribution in [0.2, 0.25) is 0 Å². The fraction of sp³-hybridized carbons (Fsp3) is 0.150. The Morgan fingerprint density at radius 1 is 1.00 bits per heavy atom. The van der Waals surface area contributed by atoms with Gasteiger partial charge in [0.25, 0.3) is 5.91 Å². The number of alkyl halides is 2. The molecule has 3 nitrogen and oxygen atoms in total. The quantitative estimate of drug-likeness (QED) is 0.742. The summed E-state index contributed by atoms with van der Waals surface area (Å²) in [6, 6.07) is 15.8. The number of rotatable bonds is 4. The summed E-state index contributed by atoms with van der Waals surface area (Å²) in [6.07, 6.45) is 2.02. The Bertz CT molecular complexity index is 959. The molecule has 0 saturated carbocycles. The minimum Gasteiger partial charge on any atom is -0.435 e. The predicted molar refractivity (Wildman–Crippen MR) is 92.4 cm³/mol. The van der Waals surface area contributed by atoms with Crippen molar-refractivity contribution in [3.63, 3.8) is 0 Å². The van der Waals surface area contributed by atoms with Gasteiger partial charge in [-0.2, -0.15) is 8.78 Å². The molecule has 5 heteroatoms. The molecule has 0 atom stereocenters. The summed E-state index contributed by atoms with van der Waals surface area (Å²) in [5.74, 6) is -0.401. The number of carbonyl (C=O) groups is 1. The van der Waals surface area contributed by atoms with Crippen LogP contribution >= 0.6 is 0 Å². The number of hydrogen-bond donors (Lipinski definition) is 1.